The van der Waals surface area contributed by atoms with E-state index < -0.39 is 17.2 Å². The number of carbonyl (C=O) groups excluding carboxylic acids is 1. The third-order valence-electron chi connectivity index (χ3n) is 4.54. The number of hydrogen-bond acceptors (Lipinski definition) is 6. The van der Waals surface area contributed by atoms with Crippen molar-refractivity contribution in [1.82, 2.24) is 14.8 Å². The van der Waals surface area contributed by atoms with Gasteiger partial charge in [-0.15, -0.1) is 16.8 Å². The zero-order valence-electron chi connectivity index (χ0n) is 18.1. The number of ether oxygens (including phenoxy) is 2. The fourth-order valence-corrected chi connectivity index (χ4v) is 3.84. The van der Waals surface area contributed by atoms with Crippen LogP contribution in [0.4, 0.5) is 10.1 Å². The van der Waals surface area contributed by atoms with Crippen LogP contribution in [0.3, 0.4) is 0 Å². The monoisotopic (exact) mass is 456 g/mol. The van der Waals surface area contributed by atoms with Crippen LogP contribution in [0.5, 0.6) is 11.5 Å². The van der Waals surface area contributed by atoms with Crippen LogP contribution in [0.2, 0.25) is 0 Å². The first kappa shape index (κ1) is 23.3. The summed E-state index contributed by atoms with van der Waals surface area (Å²) in [5.74, 6) is 1.12. The smallest absolute Gasteiger partial charge is 0.237 e. The van der Waals surface area contributed by atoms with E-state index in [9.17, 15) is 9.18 Å². The average Bonchev–Trinajstić information content (AvgIpc) is 3.16. The number of aromatic nitrogens is 3. The normalized spacial score (nSPS) is 12.6. The average molecular weight is 457 g/mol. The molecule has 0 saturated heterocycles. The van der Waals surface area contributed by atoms with E-state index in [1.54, 1.807) is 32.2 Å². The van der Waals surface area contributed by atoms with Gasteiger partial charge in [0.25, 0.3) is 0 Å². The lowest BCUT2D eigenvalue weighted by molar-refractivity contribution is -0.115. The maximum absolute atomic E-state index is 13.4. The molecule has 1 amide bonds. The Morgan fingerprint density at radius 1 is 1.22 bits per heavy atom. The van der Waals surface area contributed by atoms with Gasteiger partial charge in [-0.2, -0.15) is 0 Å². The van der Waals surface area contributed by atoms with E-state index >= 15 is 0 Å². The summed E-state index contributed by atoms with van der Waals surface area (Å²) >= 11 is 1.25. The van der Waals surface area contributed by atoms with Crippen molar-refractivity contribution in [1.29, 1.82) is 0 Å². The van der Waals surface area contributed by atoms with Gasteiger partial charge >= 0.3 is 0 Å². The lowest BCUT2D eigenvalue weighted by atomic mass is 10.3. The number of rotatable bonds is 10. The molecule has 0 fully saturated rings. The second-order valence-corrected chi connectivity index (χ2v) is 8.22. The van der Waals surface area contributed by atoms with Crippen molar-refractivity contribution in [3.63, 3.8) is 0 Å². The summed E-state index contributed by atoms with van der Waals surface area (Å²) in [4.78, 5) is 12.6. The Morgan fingerprint density at radius 2 is 1.97 bits per heavy atom. The lowest BCUT2D eigenvalue weighted by Gasteiger charge is -2.18. The molecule has 1 N–H and O–H groups in total. The predicted octanol–water partition coefficient (Wildman–Crippen LogP) is 4.87. The second-order valence-electron chi connectivity index (χ2n) is 6.91. The van der Waals surface area contributed by atoms with Gasteiger partial charge in [-0.3, -0.25) is 9.36 Å². The summed E-state index contributed by atoms with van der Waals surface area (Å²) in [5, 5.41) is 11.3. The predicted molar refractivity (Wildman–Crippen MR) is 123 cm³/mol. The molecule has 0 aliphatic rings. The quantitative estimate of drug-likeness (QED) is 0.346. The van der Waals surface area contributed by atoms with Gasteiger partial charge in [0.2, 0.25) is 5.91 Å². The van der Waals surface area contributed by atoms with Crippen molar-refractivity contribution >= 4 is 23.4 Å². The van der Waals surface area contributed by atoms with Crippen LogP contribution < -0.4 is 14.8 Å². The molecule has 0 spiro atoms. The second kappa shape index (κ2) is 10.8. The highest BCUT2D eigenvalue weighted by atomic mass is 32.2. The van der Waals surface area contributed by atoms with Crippen molar-refractivity contribution < 1.29 is 18.7 Å². The SMILES string of the molecule is C=CCn1c(SC(C)C(=O)Nc2cccc(F)c2)nnc1C(C)Oc1ccccc1OC. The Labute approximate surface area is 190 Å². The van der Waals surface area contributed by atoms with E-state index in [4.69, 9.17) is 9.47 Å². The Bertz CT molecular complexity index is 1090. The lowest BCUT2D eigenvalue weighted by Crippen LogP contribution is -2.23. The molecule has 2 aromatic carbocycles. The van der Waals surface area contributed by atoms with Gasteiger partial charge in [0.1, 0.15) is 5.82 Å². The summed E-state index contributed by atoms with van der Waals surface area (Å²) in [6.07, 6.45) is 1.30. The molecule has 2 unspecified atom stereocenters. The van der Waals surface area contributed by atoms with E-state index in [-0.39, 0.29) is 5.91 Å². The molecule has 2 atom stereocenters. The molecule has 9 heteroatoms. The highest BCUT2D eigenvalue weighted by Gasteiger charge is 2.23. The summed E-state index contributed by atoms with van der Waals surface area (Å²) in [7, 11) is 1.58. The minimum atomic E-state index is -0.496. The highest BCUT2D eigenvalue weighted by Crippen LogP contribution is 2.32. The number of methoxy groups -OCH3 is 1. The third-order valence-corrected chi connectivity index (χ3v) is 5.62. The fraction of sp³-hybridized carbons (Fsp3) is 0.261. The van der Waals surface area contributed by atoms with Crippen LogP contribution in [0.25, 0.3) is 0 Å². The van der Waals surface area contributed by atoms with Gasteiger partial charge in [-0.05, 0) is 44.2 Å². The number of thioether (sulfide) groups is 1. The summed E-state index contributed by atoms with van der Waals surface area (Å²) in [5.41, 5.74) is 0.398. The van der Waals surface area contributed by atoms with E-state index in [2.05, 4.69) is 22.1 Å². The van der Waals surface area contributed by atoms with Crippen LogP contribution in [0.15, 0.2) is 66.3 Å². The Kier molecular flexibility index (Phi) is 7.88. The maximum Gasteiger partial charge on any atom is 0.237 e. The number of benzene rings is 2. The van der Waals surface area contributed by atoms with E-state index in [1.807, 2.05) is 35.8 Å². The van der Waals surface area contributed by atoms with E-state index in [1.165, 1.54) is 23.9 Å². The maximum atomic E-state index is 13.4. The summed E-state index contributed by atoms with van der Waals surface area (Å²) in [6.45, 7) is 7.87. The molecule has 32 heavy (non-hydrogen) atoms. The van der Waals surface area contributed by atoms with Gasteiger partial charge in [0.15, 0.2) is 28.6 Å². The number of anilines is 1. The molecule has 3 rings (SSSR count). The molecule has 0 aliphatic heterocycles. The number of allylic oxidation sites excluding steroid dienone is 1. The zero-order chi connectivity index (χ0) is 23.1. The minimum absolute atomic E-state index is 0.270. The molecule has 0 aliphatic carbocycles. The molecule has 0 radical (unpaired) electrons. The molecule has 1 aromatic heterocycles. The molecular weight excluding hydrogens is 431 g/mol. The summed E-state index contributed by atoms with van der Waals surface area (Å²) < 4.78 is 26.6. The van der Waals surface area contributed by atoms with Crippen molar-refractivity contribution in [3.8, 4) is 11.5 Å². The first-order chi connectivity index (χ1) is 15.4. The van der Waals surface area contributed by atoms with Crippen molar-refractivity contribution in [3.05, 3.63) is 72.8 Å². The first-order valence-electron chi connectivity index (χ1n) is 9.99. The number of nitrogens with zero attached hydrogens (tertiary/aromatic N) is 3. The van der Waals surface area contributed by atoms with Gasteiger partial charge in [0, 0.05) is 12.2 Å². The van der Waals surface area contributed by atoms with Gasteiger partial charge < -0.3 is 14.8 Å². The van der Waals surface area contributed by atoms with Gasteiger partial charge in [0.05, 0.1) is 12.4 Å². The van der Waals surface area contributed by atoms with Crippen molar-refractivity contribution in [2.45, 2.75) is 36.9 Å². The number of carbonyl (C=O) groups is 1. The van der Waals surface area contributed by atoms with Crippen LogP contribution in [0.1, 0.15) is 25.8 Å². The fourth-order valence-electron chi connectivity index (χ4n) is 2.97. The molecule has 0 saturated carbocycles. The van der Waals surface area contributed by atoms with E-state index in [0.717, 1.165) is 0 Å². The van der Waals surface area contributed by atoms with Crippen LogP contribution in [0, 0.1) is 5.82 Å². The molecular formula is C23H25FN4O3S. The zero-order valence-corrected chi connectivity index (χ0v) is 18.9. The minimum Gasteiger partial charge on any atom is -0.493 e. The summed E-state index contributed by atoms with van der Waals surface area (Å²) in [6, 6.07) is 13.1. The molecule has 3 aromatic rings. The van der Waals surface area contributed by atoms with Crippen LogP contribution in [-0.2, 0) is 11.3 Å². The third kappa shape index (κ3) is 5.67. The van der Waals surface area contributed by atoms with E-state index in [0.29, 0.717) is 34.7 Å². The van der Waals surface area contributed by atoms with Crippen molar-refractivity contribution in [2.75, 3.05) is 12.4 Å². The van der Waals surface area contributed by atoms with Gasteiger partial charge in [-0.1, -0.05) is 36.0 Å². The molecule has 7 nitrogen and oxygen atoms in total. The van der Waals surface area contributed by atoms with Crippen LogP contribution >= 0.6 is 11.8 Å². The highest BCUT2D eigenvalue weighted by molar-refractivity contribution is 8.00. The number of nitrogens with one attached hydrogen (secondary N) is 1. The Morgan fingerprint density at radius 3 is 2.66 bits per heavy atom. The molecule has 1 heterocycles. The first-order valence-corrected chi connectivity index (χ1v) is 10.9. The standard InChI is InChI=1S/C23H25FN4O3S/c1-5-13-28-21(15(2)31-20-12-7-6-11-19(20)30-4)26-27-23(28)32-16(3)22(29)25-18-10-8-9-17(24)14-18/h5-12,14-16H,1,13H2,2-4H3,(H,25,29). The largest absolute Gasteiger partial charge is 0.493 e. The van der Waals surface area contributed by atoms with Crippen LogP contribution in [-0.4, -0.2) is 33.0 Å². The Balaban J connectivity index is 1.74. The molecule has 0 bridgehead atoms. The number of para-hydroxylation sites is 2. The number of halogens is 1. The number of hydrogen-bond donors (Lipinski definition) is 1. The Hall–Kier alpha value is -3.33. The topological polar surface area (TPSA) is 78.3 Å². The number of amides is 1. The molecule has 168 valence electrons. The van der Waals surface area contributed by atoms with Gasteiger partial charge in [-0.25, -0.2) is 4.39 Å². The van der Waals surface area contributed by atoms with Crippen molar-refractivity contribution in [2.24, 2.45) is 0 Å².